The van der Waals surface area contributed by atoms with Crippen LogP contribution in [0.2, 0.25) is 0 Å². The molecule has 0 saturated heterocycles. The van der Waals surface area contributed by atoms with Crippen molar-refractivity contribution in [3.8, 4) is 22.8 Å². The number of ether oxygens (including phenoxy) is 2. The minimum Gasteiger partial charge on any atom is -0.486 e. The van der Waals surface area contributed by atoms with Gasteiger partial charge in [-0.05, 0) is 34.5 Å². The predicted octanol–water partition coefficient (Wildman–Crippen LogP) is 3.47. The Morgan fingerprint density at radius 3 is 2.95 bits per heavy atom. The van der Waals surface area contributed by atoms with Crippen molar-refractivity contribution in [3.05, 3.63) is 22.9 Å². The van der Waals surface area contributed by atoms with Gasteiger partial charge in [0.15, 0.2) is 11.5 Å². The van der Waals surface area contributed by atoms with Crippen LogP contribution in [0.3, 0.4) is 0 Å². The molecule has 1 aliphatic heterocycles. The summed E-state index contributed by atoms with van der Waals surface area (Å²) in [7, 11) is 0. The summed E-state index contributed by atoms with van der Waals surface area (Å²) in [5, 5.41) is 0. The molecule has 112 valence electrons. The van der Waals surface area contributed by atoms with E-state index in [1.165, 1.54) is 0 Å². The van der Waals surface area contributed by atoms with Crippen molar-refractivity contribution in [3.63, 3.8) is 0 Å². The molecule has 21 heavy (non-hydrogen) atoms. The summed E-state index contributed by atoms with van der Waals surface area (Å²) in [6, 6.07) is 3.90. The van der Waals surface area contributed by atoms with Crippen molar-refractivity contribution in [1.82, 2.24) is 9.55 Å². The number of unbranched alkanes of at least 4 members (excludes halogenated alkanes) is 1. The number of aromatic nitrogens is 2. The lowest BCUT2D eigenvalue weighted by Gasteiger charge is -2.20. The van der Waals surface area contributed by atoms with Gasteiger partial charge < -0.3 is 19.8 Å². The summed E-state index contributed by atoms with van der Waals surface area (Å²) >= 11 is 3.52. The molecular weight excluding hydrogens is 334 g/mol. The Hall–Kier alpha value is -1.69. The number of benzene rings is 1. The van der Waals surface area contributed by atoms with E-state index in [1.54, 1.807) is 6.33 Å². The largest absolute Gasteiger partial charge is 0.486 e. The maximum atomic E-state index is 6.22. The van der Waals surface area contributed by atoms with Crippen molar-refractivity contribution in [2.45, 2.75) is 26.3 Å². The highest BCUT2D eigenvalue weighted by Gasteiger charge is 2.19. The molecule has 0 bridgehead atoms. The average Bonchev–Trinajstić information content (AvgIpc) is 2.86. The van der Waals surface area contributed by atoms with Crippen LogP contribution in [-0.2, 0) is 6.54 Å². The molecule has 0 unspecified atom stereocenters. The summed E-state index contributed by atoms with van der Waals surface area (Å²) < 4.78 is 14.1. The SMILES string of the molecule is CCCCn1cnc(-c2cc(Br)c3c(c2)OCCO3)c1N. The van der Waals surface area contributed by atoms with Crippen LogP contribution >= 0.6 is 15.9 Å². The molecule has 0 aliphatic carbocycles. The third-order valence-corrected chi connectivity index (χ3v) is 4.09. The number of fused-ring (bicyclic) bond motifs is 1. The number of aryl methyl sites for hydroxylation is 1. The van der Waals surface area contributed by atoms with E-state index in [2.05, 4.69) is 27.8 Å². The van der Waals surface area contributed by atoms with Crippen molar-refractivity contribution in [2.75, 3.05) is 18.9 Å². The molecule has 1 aromatic heterocycles. The van der Waals surface area contributed by atoms with Gasteiger partial charge in [-0.25, -0.2) is 4.98 Å². The van der Waals surface area contributed by atoms with Crippen molar-refractivity contribution in [1.29, 1.82) is 0 Å². The van der Waals surface area contributed by atoms with E-state index in [0.29, 0.717) is 19.0 Å². The van der Waals surface area contributed by atoms with Crippen LogP contribution in [0, 0.1) is 0 Å². The highest BCUT2D eigenvalue weighted by Crippen LogP contribution is 2.41. The lowest BCUT2D eigenvalue weighted by molar-refractivity contribution is 0.170. The first-order valence-corrected chi connectivity index (χ1v) is 7.90. The fourth-order valence-corrected chi connectivity index (χ4v) is 2.92. The van der Waals surface area contributed by atoms with Gasteiger partial charge in [0.05, 0.1) is 10.8 Å². The molecule has 1 aromatic carbocycles. The summed E-state index contributed by atoms with van der Waals surface area (Å²) in [6.07, 6.45) is 4.01. The second-order valence-electron chi connectivity index (χ2n) is 5.01. The molecular formula is C15H18BrN3O2. The zero-order valence-corrected chi connectivity index (χ0v) is 13.5. The molecule has 0 fully saturated rings. The van der Waals surface area contributed by atoms with Gasteiger partial charge in [-0.15, -0.1) is 0 Å². The second-order valence-corrected chi connectivity index (χ2v) is 5.86. The van der Waals surface area contributed by atoms with E-state index in [4.69, 9.17) is 15.2 Å². The molecule has 0 saturated carbocycles. The Kier molecular flexibility index (Phi) is 4.05. The average molecular weight is 352 g/mol. The van der Waals surface area contributed by atoms with E-state index in [1.807, 2.05) is 16.7 Å². The van der Waals surface area contributed by atoms with Crippen molar-refractivity contribution in [2.24, 2.45) is 0 Å². The van der Waals surface area contributed by atoms with Gasteiger partial charge in [-0.3, -0.25) is 0 Å². The number of hydrogen-bond acceptors (Lipinski definition) is 4. The standard InChI is InChI=1S/C15H18BrN3O2/c1-2-3-4-19-9-18-13(15(19)17)10-7-11(16)14-12(8-10)20-5-6-21-14/h7-9H,2-6,17H2,1H3. The Morgan fingerprint density at radius 1 is 1.33 bits per heavy atom. The summed E-state index contributed by atoms with van der Waals surface area (Å²) in [5.41, 5.74) is 7.93. The number of nitrogens with two attached hydrogens (primary N) is 1. The number of nitrogen functional groups attached to an aromatic ring is 1. The minimum absolute atomic E-state index is 0.559. The maximum absolute atomic E-state index is 6.22. The summed E-state index contributed by atoms with van der Waals surface area (Å²) in [5.74, 6) is 2.16. The normalized spacial score (nSPS) is 13.4. The minimum atomic E-state index is 0.559. The maximum Gasteiger partial charge on any atom is 0.175 e. The number of hydrogen-bond donors (Lipinski definition) is 1. The Balaban J connectivity index is 1.97. The van der Waals surface area contributed by atoms with E-state index in [-0.39, 0.29) is 0 Å². The predicted molar refractivity (Wildman–Crippen MR) is 85.7 cm³/mol. The van der Waals surface area contributed by atoms with E-state index >= 15 is 0 Å². The topological polar surface area (TPSA) is 62.3 Å². The second kappa shape index (κ2) is 5.97. The molecule has 0 amide bonds. The van der Waals surface area contributed by atoms with Gasteiger partial charge in [0.2, 0.25) is 0 Å². The summed E-state index contributed by atoms with van der Waals surface area (Å²) in [6.45, 7) is 4.18. The van der Waals surface area contributed by atoms with Crippen LogP contribution in [0.4, 0.5) is 5.82 Å². The molecule has 2 N–H and O–H groups in total. The number of anilines is 1. The molecule has 1 aliphatic rings. The van der Waals surface area contributed by atoms with E-state index < -0.39 is 0 Å². The van der Waals surface area contributed by atoms with Gasteiger partial charge in [0.1, 0.15) is 24.7 Å². The Morgan fingerprint density at radius 2 is 2.14 bits per heavy atom. The lowest BCUT2D eigenvalue weighted by Crippen LogP contribution is -2.15. The molecule has 0 spiro atoms. The quantitative estimate of drug-likeness (QED) is 0.915. The van der Waals surface area contributed by atoms with Crippen LogP contribution in [0.1, 0.15) is 19.8 Å². The van der Waals surface area contributed by atoms with Gasteiger partial charge in [-0.2, -0.15) is 0 Å². The third kappa shape index (κ3) is 2.72. The monoisotopic (exact) mass is 351 g/mol. The fourth-order valence-electron chi connectivity index (χ4n) is 2.37. The molecule has 0 radical (unpaired) electrons. The van der Waals surface area contributed by atoms with Crippen LogP contribution in [0.5, 0.6) is 11.5 Å². The van der Waals surface area contributed by atoms with Gasteiger partial charge in [-0.1, -0.05) is 13.3 Å². The first-order chi connectivity index (χ1) is 10.2. The third-order valence-electron chi connectivity index (χ3n) is 3.50. The van der Waals surface area contributed by atoms with Crippen LogP contribution < -0.4 is 15.2 Å². The summed E-state index contributed by atoms with van der Waals surface area (Å²) in [4.78, 5) is 4.45. The number of halogens is 1. The number of rotatable bonds is 4. The van der Waals surface area contributed by atoms with Crippen LogP contribution in [0.15, 0.2) is 22.9 Å². The smallest absolute Gasteiger partial charge is 0.175 e. The molecule has 6 heteroatoms. The highest BCUT2D eigenvalue weighted by atomic mass is 79.9. The molecule has 5 nitrogen and oxygen atoms in total. The highest BCUT2D eigenvalue weighted by molar-refractivity contribution is 9.10. The zero-order chi connectivity index (χ0) is 14.8. The molecule has 2 heterocycles. The number of imidazole rings is 1. The number of nitrogens with zero attached hydrogens (tertiary/aromatic N) is 2. The zero-order valence-electron chi connectivity index (χ0n) is 11.9. The fraction of sp³-hybridized carbons (Fsp3) is 0.400. The first-order valence-electron chi connectivity index (χ1n) is 7.10. The van der Waals surface area contributed by atoms with Crippen molar-refractivity contribution >= 4 is 21.7 Å². The molecule has 2 aromatic rings. The van der Waals surface area contributed by atoms with Crippen LogP contribution in [0.25, 0.3) is 11.3 Å². The van der Waals surface area contributed by atoms with Crippen molar-refractivity contribution < 1.29 is 9.47 Å². The van der Waals surface area contributed by atoms with Gasteiger partial charge in [0.25, 0.3) is 0 Å². The van der Waals surface area contributed by atoms with Gasteiger partial charge in [0, 0.05) is 12.1 Å². The Bertz CT molecular complexity index is 655. The van der Waals surface area contributed by atoms with E-state index in [0.717, 1.165) is 46.6 Å². The lowest BCUT2D eigenvalue weighted by atomic mass is 10.1. The molecule has 0 atom stereocenters. The first kappa shape index (κ1) is 14.3. The van der Waals surface area contributed by atoms with Gasteiger partial charge >= 0.3 is 0 Å². The van der Waals surface area contributed by atoms with Crippen LogP contribution in [-0.4, -0.2) is 22.8 Å². The Labute approximate surface area is 132 Å². The molecule has 3 rings (SSSR count). The van der Waals surface area contributed by atoms with E-state index in [9.17, 15) is 0 Å².